The van der Waals surface area contributed by atoms with Crippen LogP contribution in [0.1, 0.15) is 37.9 Å². The van der Waals surface area contributed by atoms with E-state index in [-0.39, 0.29) is 11.8 Å². The van der Waals surface area contributed by atoms with Crippen LogP contribution < -0.4 is 0 Å². The molecule has 0 aromatic carbocycles. The van der Waals surface area contributed by atoms with E-state index in [4.69, 9.17) is 0 Å². The number of hydrogen-bond acceptors (Lipinski definition) is 3. The fourth-order valence-electron chi connectivity index (χ4n) is 2.68. The van der Waals surface area contributed by atoms with Crippen LogP contribution in [0.3, 0.4) is 0 Å². The van der Waals surface area contributed by atoms with E-state index in [1.165, 1.54) is 6.33 Å². The lowest BCUT2D eigenvalue weighted by Crippen LogP contribution is -2.19. The fourth-order valence-corrected chi connectivity index (χ4v) is 2.68. The summed E-state index contributed by atoms with van der Waals surface area (Å²) < 4.78 is 1.69. The molecule has 1 N–H and O–H groups in total. The molecule has 5 nitrogen and oxygen atoms in total. The smallest absolute Gasteiger partial charge is 0.307 e. The van der Waals surface area contributed by atoms with Crippen LogP contribution in [-0.2, 0) is 11.8 Å². The van der Waals surface area contributed by atoms with E-state index < -0.39 is 5.97 Å². The lowest BCUT2D eigenvalue weighted by atomic mass is 9.95. The normalized spacial score (nSPS) is 29.5. The summed E-state index contributed by atoms with van der Waals surface area (Å²) in [5.74, 6) is 0.331. The second-order valence-corrected chi connectivity index (χ2v) is 4.54. The molecule has 1 heterocycles. The van der Waals surface area contributed by atoms with Gasteiger partial charge in [-0.25, -0.2) is 4.98 Å². The van der Waals surface area contributed by atoms with Crippen LogP contribution in [-0.4, -0.2) is 25.8 Å². The first-order valence-corrected chi connectivity index (χ1v) is 5.70. The topological polar surface area (TPSA) is 68.0 Å². The molecular formula is C11H17N3O2. The van der Waals surface area contributed by atoms with Crippen LogP contribution in [0.4, 0.5) is 0 Å². The van der Waals surface area contributed by atoms with Crippen LogP contribution in [0.15, 0.2) is 6.33 Å². The summed E-state index contributed by atoms with van der Waals surface area (Å²) in [5, 5.41) is 13.2. The van der Waals surface area contributed by atoms with Gasteiger partial charge in [-0.05, 0) is 18.8 Å². The summed E-state index contributed by atoms with van der Waals surface area (Å²) in [6.07, 6.45) is 4.22. The van der Waals surface area contributed by atoms with Crippen LogP contribution in [0.5, 0.6) is 0 Å². The van der Waals surface area contributed by atoms with Gasteiger partial charge < -0.3 is 5.11 Å². The molecule has 1 aromatic rings. The maximum atomic E-state index is 11.2. The zero-order valence-electron chi connectivity index (χ0n) is 9.63. The van der Waals surface area contributed by atoms with Crippen molar-refractivity contribution in [3.05, 3.63) is 12.2 Å². The molecule has 0 bridgehead atoms. The van der Waals surface area contributed by atoms with E-state index in [1.54, 1.807) is 4.68 Å². The van der Waals surface area contributed by atoms with Crippen molar-refractivity contribution >= 4 is 5.97 Å². The van der Waals surface area contributed by atoms with E-state index in [0.29, 0.717) is 5.92 Å². The summed E-state index contributed by atoms with van der Waals surface area (Å²) in [6, 6.07) is 0. The first kappa shape index (κ1) is 11.1. The van der Waals surface area contributed by atoms with E-state index in [2.05, 4.69) is 17.0 Å². The second-order valence-electron chi connectivity index (χ2n) is 4.54. The highest BCUT2D eigenvalue weighted by atomic mass is 16.4. The molecule has 1 fully saturated rings. The molecule has 5 heteroatoms. The molecular weight excluding hydrogens is 206 g/mol. The Labute approximate surface area is 94.5 Å². The quantitative estimate of drug-likeness (QED) is 0.841. The number of carboxylic acid groups (broad SMARTS) is 1. The number of carbonyl (C=O) groups is 1. The van der Waals surface area contributed by atoms with Gasteiger partial charge in [-0.2, -0.15) is 5.10 Å². The van der Waals surface area contributed by atoms with Crippen LogP contribution in [0.2, 0.25) is 0 Å². The molecule has 3 atom stereocenters. The van der Waals surface area contributed by atoms with Gasteiger partial charge in [-0.15, -0.1) is 0 Å². The summed E-state index contributed by atoms with van der Waals surface area (Å²) in [4.78, 5) is 15.4. The third kappa shape index (κ3) is 1.81. The van der Waals surface area contributed by atoms with E-state index >= 15 is 0 Å². The molecule has 0 saturated heterocycles. The molecule has 0 aliphatic heterocycles. The molecule has 88 valence electrons. The minimum atomic E-state index is -0.705. The second kappa shape index (κ2) is 4.23. The molecule has 3 unspecified atom stereocenters. The van der Waals surface area contributed by atoms with Crippen LogP contribution in [0.25, 0.3) is 0 Å². The van der Waals surface area contributed by atoms with Crippen molar-refractivity contribution in [3.63, 3.8) is 0 Å². The molecule has 0 amide bonds. The number of aliphatic carboxylic acids is 1. The fraction of sp³-hybridized carbons (Fsp3) is 0.727. The van der Waals surface area contributed by atoms with Gasteiger partial charge in [-0.3, -0.25) is 9.48 Å². The first-order chi connectivity index (χ1) is 7.63. The van der Waals surface area contributed by atoms with E-state index in [9.17, 15) is 9.90 Å². The standard InChI is InChI=1S/C11H17N3O2/c1-3-7-4-8(9(5-7)11(15)16)10-12-6-13-14(10)2/h6-9H,3-5H2,1-2H3,(H,15,16). The van der Waals surface area contributed by atoms with Crippen molar-refractivity contribution in [1.82, 2.24) is 14.8 Å². The molecule has 1 aliphatic carbocycles. The van der Waals surface area contributed by atoms with Gasteiger partial charge in [-0.1, -0.05) is 13.3 Å². The number of hydrogen-bond donors (Lipinski definition) is 1. The van der Waals surface area contributed by atoms with Crippen LogP contribution >= 0.6 is 0 Å². The molecule has 0 radical (unpaired) electrons. The van der Waals surface area contributed by atoms with Gasteiger partial charge >= 0.3 is 5.97 Å². The predicted molar refractivity (Wildman–Crippen MR) is 57.9 cm³/mol. The molecule has 0 spiro atoms. The average molecular weight is 223 g/mol. The highest BCUT2D eigenvalue weighted by Gasteiger charge is 2.40. The largest absolute Gasteiger partial charge is 0.481 e. The van der Waals surface area contributed by atoms with Gasteiger partial charge in [0.1, 0.15) is 12.2 Å². The van der Waals surface area contributed by atoms with E-state index in [1.807, 2.05) is 7.05 Å². The first-order valence-electron chi connectivity index (χ1n) is 5.70. The lowest BCUT2D eigenvalue weighted by molar-refractivity contribution is -0.142. The number of aryl methyl sites for hydroxylation is 1. The Balaban J connectivity index is 2.25. The minimum absolute atomic E-state index is 0.0231. The van der Waals surface area contributed by atoms with Gasteiger partial charge in [0.05, 0.1) is 5.92 Å². The maximum Gasteiger partial charge on any atom is 0.307 e. The zero-order chi connectivity index (χ0) is 11.7. The molecule has 1 aromatic heterocycles. The van der Waals surface area contributed by atoms with Gasteiger partial charge in [0.2, 0.25) is 0 Å². The summed E-state index contributed by atoms with van der Waals surface area (Å²) in [6.45, 7) is 2.11. The molecule has 2 rings (SSSR count). The Kier molecular flexibility index (Phi) is 2.94. The highest BCUT2D eigenvalue weighted by molar-refractivity contribution is 5.71. The molecule has 16 heavy (non-hydrogen) atoms. The zero-order valence-corrected chi connectivity index (χ0v) is 9.63. The Morgan fingerprint density at radius 2 is 2.38 bits per heavy atom. The SMILES string of the molecule is CCC1CC(C(=O)O)C(c2ncnn2C)C1. The molecule has 1 saturated carbocycles. The lowest BCUT2D eigenvalue weighted by Gasteiger charge is -2.14. The Morgan fingerprint density at radius 3 is 2.88 bits per heavy atom. The summed E-state index contributed by atoms with van der Waals surface area (Å²) >= 11 is 0. The predicted octanol–water partition coefficient (Wildman–Crippen LogP) is 1.42. The maximum absolute atomic E-state index is 11.2. The van der Waals surface area contributed by atoms with E-state index in [0.717, 1.165) is 25.1 Å². The number of rotatable bonds is 3. The van der Waals surface area contributed by atoms with Gasteiger partial charge in [0.25, 0.3) is 0 Å². The Bertz CT molecular complexity index is 388. The average Bonchev–Trinajstić information content (AvgIpc) is 2.82. The summed E-state index contributed by atoms with van der Waals surface area (Å²) in [5.41, 5.74) is 0. The van der Waals surface area contributed by atoms with Gasteiger partial charge in [0.15, 0.2) is 0 Å². The molecule has 1 aliphatic rings. The third-order valence-corrected chi connectivity index (χ3v) is 3.63. The number of aromatic nitrogens is 3. The minimum Gasteiger partial charge on any atom is -0.481 e. The van der Waals surface area contributed by atoms with Gasteiger partial charge in [0, 0.05) is 13.0 Å². The monoisotopic (exact) mass is 223 g/mol. The van der Waals surface area contributed by atoms with Crippen LogP contribution in [0, 0.1) is 11.8 Å². The Morgan fingerprint density at radius 1 is 1.62 bits per heavy atom. The third-order valence-electron chi connectivity index (χ3n) is 3.63. The Hall–Kier alpha value is -1.39. The highest BCUT2D eigenvalue weighted by Crippen LogP contribution is 2.43. The van der Waals surface area contributed by atoms with Crippen molar-refractivity contribution in [2.45, 2.75) is 32.1 Å². The van der Waals surface area contributed by atoms with Crippen molar-refractivity contribution in [1.29, 1.82) is 0 Å². The van der Waals surface area contributed by atoms with Crippen molar-refractivity contribution in [2.24, 2.45) is 18.9 Å². The number of nitrogens with zero attached hydrogens (tertiary/aromatic N) is 3. The van der Waals surface area contributed by atoms with Crippen molar-refractivity contribution < 1.29 is 9.90 Å². The number of carboxylic acids is 1. The van der Waals surface area contributed by atoms with Crippen molar-refractivity contribution in [2.75, 3.05) is 0 Å². The summed E-state index contributed by atoms with van der Waals surface area (Å²) in [7, 11) is 1.82. The van der Waals surface area contributed by atoms with Crippen molar-refractivity contribution in [3.8, 4) is 0 Å².